The zero-order valence-corrected chi connectivity index (χ0v) is 11.9. The first-order chi connectivity index (χ1) is 9.74. The Balaban J connectivity index is 1.98. The van der Waals surface area contributed by atoms with Crippen LogP contribution < -0.4 is 4.90 Å². The minimum Gasteiger partial charge on any atom is -0.370 e. The van der Waals surface area contributed by atoms with E-state index in [2.05, 4.69) is 28.9 Å². The molecule has 1 aliphatic heterocycles. The largest absolute Gasteiger partial charge is 0.370 e. The van der Waals surface area contributed by atoms with Crippen molar-refractivity contribution in [1.82, 2.24) is 4.90 Å². The Kier molecular flexibility index (Phi) is 4.98. The van der Waals surface area contributed by atoms with Gasteiger partial charge in [-0.15, -0.1) is 0 Å². The lowest BCUT2D eigenvalue weighted by atomic mass is 10.2. The van der Waals surface area contributed by atoms with Crippen molar-refractivity contribution in [3.63, 3.8) is 0 Å². The van der Waals surface area contributed by atoms with E-state index >= 15 is 0 Å². The van der Waals surface area contributed by atoms with Gasteiger partial charge in [-0.2, -0.15) is 10.5 Å². The Morgan fingerprint density at radius 2 is 1.85 bits per heavy atom. The smallest absolute Gasteiger partial charge is 0.0991 e. The lowest BCUT2D eigenvalue weighted by Gasteiger charge is -2.26. The number of nitrogens with zero attached hydrogens (tertiary/aromatic N) is 4. The maximum atomic E-state index is 8.83. The third-order valence-electron chi connectivity index (χ3n) is 3.90. The second-order valence-corrected chi connectivity index (χ2v) is 5.25. The van der Waals surface area contributed by atoms with Gasteiger partial charge in [0.15, 0.2) is 0 Å². The molecule has 0 bridgehead atoms. The molecule has 0 aliphatic carbocycles. The summed E-state index contributed by atoms with van der Waals surface area (Å²) >= 11 is 0. The Bertz CT molecular complexity index is 509. The Hall–Kier alpha value is -2.04. The second kappa shape index (κ2) is 6.93. The standard InChI is InChI=1S/C16H20N4/c1-14(7-8-17)19-9-2-10-20(12-11-19)16-5-3-15(13-18)4-6-16/h3-6,14H,2,7,9-12H2,1H3/t14-/m0/s1. The van der Waals surface area contributed by atoms with E-state index in [1.165, 1.54) is 5.69 Å². The lowest BCUT2D eigenvalue weighted by Crippen LogP contribution is -2.36. The molecule has 4 heteroatoms. The van der Waals surface area contributed by atoms with E-state index in [1.54, 1.807) is 0 Å². The predicted octanol–water partition coefficient (Wildman–Crippen LogP) is 2.37. The van der Waals surface area contributed by atoms with E-state index in [4.69, 9.17) is 10.5 Å². The SMILES string of the molecule is C[C@@H](CC#N)N1CCCN(c2ccc(C#N)cc2)CC1. The molecule has 0 radical (unpaired) electrons. The molecule has 4 nitrogen and oxygen atoms in total. The van der Waals surface area contributed by atoms with Gasteiger partial charge in [0.05, 0.1) is 24.1 Å². The topological polar surface area (TPSA) is 54.1 Å². The van der Waals surface area contributed by atoms with Crippen molar-refractivity contribution in [2.24, 2.45) is 0 Å². The fourth-order valence-corrected chi connectivity index (χ4v) is 2.64. The molecule has 0 aromatic heterocycles. The molecule has 1 fully saturated rings. The van der Waals surface area contributed by atoms with Gasteiger partial charge in [0, 0.05) is 37.9 Å². The molecule has 1 atom stereocenters. The molecule has 0 amide bonds. The van der Waals surface area contributed by atoms with Gasteiger partial charge in [0.25, 0.3) is 0 Å². The molecule has 1 aromatic carbocycles. The highest BCUT2D eigenvalue weighted by molar-refractivity contribution is 5.49. The predicted molar refractivity (Wildman–Crippen MR) is 79.3 cm³/mol. The van der Waals surface area contributed by atoms with Crippen LogP contribution in [0, 0.1) is 22.7 Å². The summed E-state index contributed by atoms with van der Waals surface area (Å²) in [5.41, 5.74) is 1.88. The Morgan fingerprint density at radius 3 is 2.50 bits per heavy atom. The van der Waals surface area contributed by atoms with Crippen molar-refractivity contribution >= 4 is 5.69 Å². The van der Waals surface area contributed by atoms with Crippen molar-refractivity contribution < 1.29 is 0 Å². The highest BCUT2D eigenvalue weighted by atomic mass is 15.2. The molecule has 104 valence electrons. The summed E-state index contributed by atoms with van der Waals surface area (Å²) in [6, 6.07) is 12.5. The van der Waals surface area contributed by atoms with Crippen LogP contribution in [0.1, 0.15) is 25.3 Å². The number of nitriles is 2. The minimum absolute atomic E-state index is 0.334. The van der Waals surface area contributed by atoms with Gasteiger partial charge in [0.2, 0.25) is 0 Å². The Labute approximate surface area is 120 Å². The Morgan fingerprint density at radius 1 is 1.10 bits per heavy atom. The van der Waals surface area contributed by atoms with E-state index in [-0.39, 0.29) is 0 Å². The number of hydrogen-bond donors (Lipinski definition) is 0. The first kappa shape index (κ1) is 14.4. The van der Waals surface area contributed by atoms with Crippen LogP contribution in [0.25, 0.3) is 0 Å². The zero-order chi connectivity index (χ0) is 14.4. The van der Waals surface area contributed by atoms with Crippen LogP contribution in [0.3, 0.4) is 0 Å². The van der Waals surface area contributed by atoms with Crippen molar-refractivity contribution in [1.29, 1.82) is 10.5 Å². The van der Waals surface area contributed by atoms with Crippen LogP contribution in [0.2, 0.25) is 0 Å². The summed E-state index contributed by atoms with van der Waals surface area (Å²) in [6.45, 7) is 6.17. The van der Waals surface area contributed by atoms with Gasteiger partial charge in [-0.25, -0.2) is 0 Å². The van der Waals surface area contributed by atoms with Crippen LogP contribution in [0.15, 0.2) is 24.3 Å². The van der Waals surface area contributed by atoms with Gasteiger partial charge < -0.3 is 4.90 Å². The number of benzene rings is 1. The maximum Gasteiger partial charge on any atom is 0.0991 e. The number of rotatable bonds is 3. The summed E-state index contributed by atoms with van der Waals surface area (Å²) < 4.78 is 0. The van der Waals surface area contributed by atoms with E-state index in [9.17, 15) is 0 Å². The molecule has 20 heavy (non-hydrogen) atoms. The average Bonchev–Trinajstić information content (AvgIpc) is 2.73. The van der Waals surface area contributed by atoms with E-state index in [1.807, 2.05) is 24.3 Å². The monoisotopic (exact) mass is 268 g/mol. The second-order valence-electron chi connectivity index (χ2n) is 5.25. The summed E-state index contributed by atoms with van der Waals surface area (Å²) in [5.74, 6) is 0. The molecule has 1 heterocycles. The summed E-state index contributed by atoms with van der Waals surface area (Å²) in [5, 5.41) is 17.6. The zero-order valence-electron chi connectivity index (χ0n) is 11.9. The van der Waals surface area contributed by atoms with Gasteiger partial charge >= 0.3 is 0 Å². The fraction of sp³-hybridized carbons (Fsp3) is 0.500. The highest BCUT2D eigenvalue weighted by Gasteiger charge is 2.19. The van der Waals surface area contributed by atoms with Crippen molar-refractivity contribution in [2.75, 3.05) is 31.1 Å². The first-order valence-electron chi connectivity index (χ1n) is 7.10. The molecule has 1 aromatic rings. The van der Waals surface area contributed by atoms with E-state index in [0.29, 0.717) is 18.0 Å². The molecular weight excluding hydrogens is 248 g/mol. The van der Waals surface area contributed by atoms with Gasteiger partial charge in [-0.1, -0.05) is 0 Å². The molecule has 0 unspecified atom stereocenters. The van der Waals surface area contributed by atoms with Gasteiger partial charge in [-0.05, 0) is 37.6 Å². The maximum absolute atomic E-state index is 8.83. The van der Waals surface area contributed by atoms with E-state index in [0.717, 1.165) is 32.6 Å². The average molecular weight is 268 g/mol. The van der Waals surface area contributed by atoms with Crippen LogP contribution >= 0.6 is 0 Å². The van der Waals surface area contributed by atoms with Gasteiger partial charge in [0.1, 0.15) is 0 Å². The highest BCUT2D eigenvalue weighted by Crippen LogP contribution is 2.18. The molecule has 1 saturated heterocycles. The van der Waals surface area contributed by atoms with Crippen molar-refractivity contribution in [2.45, 2.75) is 25.8 Å². The quantitative estimate of drug-likeness (QED) is 0.844. The molecular formula is C16H20N4. The molecule has 0 saturated carbocycles. The van der Waals surface area contributed by atoms with Gasteiger partial charge in [-0.3, -0.25) is 4.90 Å². The number of hydrogen-bond acceptors (Lipinski definition) is 4. The fourth-order valence-electron chi connectivity index (χ4n) is 2.64. The van der Waals surface area contributed by atoms with Crippen LogP contribution in [-0.2, 0) is 0 Å². The van der Waals surface area contributed by atoms with Crippen LogP contribution in [-0.4, -0.2) is 37.1 Å². The van der Waals surface area contributed by atoms with Crippen molar-refractivity contribution in [3.8, 4) is 12.1 Å². The normalized spacial score (nSPS) is 17.9. The molecule has 0 spiro atoms. The van der Waals surface area contributed by atoms with Crippen LogP contribution in [0.4, 0.5) is 5.69 Å². The first-order valence-corrected chi connectivity index (χ1v) is 7.10. The van der Waals surface area contributed by atoms with Crippen molar-refractivity contribution in [3.05, 3.63) is 29.8 Å². The molecule has 0 N–H and O–H groups in total. The summed E-state index contributed by atoms with van der Waals surface area (Å²) in [4.78, 5) is 4.76. The van der Waals surface area contributed by atoms with E-state index < -0.39 is 0 Å². The van der Waals surface area contributed by atoms with Crippen LogP contribution in [0.5, 0.6) is 0 Å². The third-order valence-corrected chi connectivity index (χ3v) is 3.90. The molecule has 2 rings (SSSR count). The minimum atomic E-state index is 0.334. The lowest BCUT2D eigenvalue weighted by molar-refractivity contribution is 0.226. The summed E-state index contributed by atoms with van der Waals surface area (Å²) in [6.07, 6.45) is 1.70. The molecule has 1 aliphatic rings. The summed E-state index contributed by atoms with van der Waals surface area (Å²) in [7, 11) is 0. The number of anilines is 1. The third kappa shape index (κ3) is 3.50.